The molecule has 0 saturated heterocycles. The van der Waals surface area contributed by atoms with Crippen molar-refractivity contribution in [3.05, 3.63) is 23.8 Å². The van der Waals surface area contributed by atoms with E-state index in [-0.39, 0.29) is 23.5 Å². The molecule has 7 heteroatoms. The van der Waals surface area contributed by atoms with Crippen LogP contribution in [0.1, 0.15) is 38.1 Å². The molecule has 0 bridgehead atoms. The molecular weight excluding hydrogens is 289 g/mol. The summed E-state index contributed by atoms with van der Waals surface area (Å²) in [4.78, 5) is 11.8. The van der Waals surface area contributed by atoms with Gasteiger partial charge in [-0.25, -0.2) is 4.79 Å². The van der Waals surface area contributed by atoms with Crippen molar-refractivity contribution in [3.8, 4) is 11.5 Å². The van der Waals surface area contributed by atoms with Crippen LogP contribution in [0, 0.1) is 0 Å². The van der Waals surface area contributed by atoms with Gasteiger partial charge in [0, 0.05) is 6.07 Å². The number of benzene rings is 1. The van der Waals surface area contributed by atoms with Gasteiger partial charge in [0.15, 0.2) is 0 Å². The van der Waals surface area contributed by atoms with Gasteiger partial charge in [-0.1, -0.05) is 0 Å². The van der Waals surface area contributed by atoms with Gasteiger partial charge in [-0.15, -0.1) is 13.2 Å². The second kappa shape index (κ2) is 6.69. The number of hydrogen-bond acceptors (Lipinski definition) is 4. The van der Waals surface area contributed by atoms with Gasteiger partial charge in [-0.05, 0) is 39.8 Å². The lowest BCUT2D eigenvalue weighted by Gasteiger charge is -2.15. The minimum absolute atomic E-state index is 0.0684. The van der Waals surface area contributed by atoms with E-state index in [1.165, 1.54) is 6.07 Å². The van der Waals surface area contributed by atoms with Crippen LogP contribution in [0.5, 0.6) is 11.5 Å². The number of carbonyl (C=O) groups excluding carboxylic acids is 1. The molecule has 118 valence electrons. The van der Waals surface area contributed by atoms with Crippen LogP contribution in [0.15, 0.2) is 18.2 Å². The Kier molecular flexibility index (Phi) is 5.46. The fraction of sp³-hybridized carbons (Fsp3) is 0.500. The third-order valence-corrected chi connectivity index (χ3v) is 2.06. The molecule has 0 N–H and O–H groups in total. The Hall–Kier alpha value is -1.92. The van der Waals surface area contributed by atoms with Gasteiger partial charge in [0.2, 0.25) is 0 Å². The molecule has 0 saturated carbocycles. The quantitative estimate of drug-likeness (QED) is 0.773. The average molecular weight is 306 g/mol. The van der Waals surface area contributed by atoms with Crippen molar-refractivity contribution in [2.24, 2.45) is 0 Å². The molecule has 0 aliphatic carbocycles. The summed E-state index contributed by atoms with van der Waals surface area (Å²) in [5.41, 5.74) is -0.0684. The van der Waals surface area contributed by atoms with Crippen LogP contribution in [-0.2, 0) is 4.74 Å². The maximum Gasteiger partial charge on any atom is 0.573 e. The van der Waals surface area contributed by atoms with E-state index in [0.717, 1.165) is 12.1 Å². The Balaban J connectivity index is 3.11. The average Bonchev–Trinajstić information content (AvgIpc) is 2.23. The minimum atomic E-state index is -4.85. The third kappa shape index (κ3) is 6.37. The Labute approximate surface area is 120 Å². The molecule has 1 aromatic rings. The monoisotopic (exact) mass is 306 g/mol. The van der Waals surface area contributed by atoms with E-state index in [9.17, 15) is 18.0 Å². The van der Waals surface area contributed by atoms with Gasteiger partial charge in [0.05, 0.1) is 17.8 Å². The molecule has 0 aromatic heterocycles. The lowest BCUT2D eigenvalue weighted by atomic mass is 10.2. The molecule has 0 fully saturated rings. The molecule has 1 rings (SSSR count). The highest BCUT2D eigenvalue weighted by Gasteiger charge is 2.31. The van der Waals surface area contributed by atoms with E-state index in [2.05, 4.69) is 4.74 Å². The van der Waals surface area contributed by atoms with Gasteiger partial charge < -0.3 is 14.2 Å². The fourth-order valence-electron chi connectivity index (χ4n) is 1.50. The maximum absolute atomic E-state index is 12.3. The van der Waals surface area contributed by atoms with E-state index in [1.54, 1.807) is 27.7 Å². The Bertz CT molecular complexity index is 495. The maximum atomic E-state index is 12.3. The number of esters is 1. The SMILES string of the molecule is CC(C)OC(=O)c1cc(OC(C)C)cc(OC(F)(F)F)c1. The number of halogens is 3. The fourth-order valence-corrected chi connectivity index (χ4v) is 1.50. The number of carbonyl (C=O) groups is 1. The van der Waals surface area contributed by atoms with Crippen LogP contribution in [0.3, 0.4) is 0 Å². The molecule has 0 amide bonds. The van der Waals surface area contributed by atoms with E-state index in [1.807, 2.05) is 0 Å². The molecule has 21 heavy (non-hydrogen) atoms. The van der Waals surface area contributed by atoms with Crippen molar-refractivity contribution in [1.82, 2.24) is 0 Å². The van der Waals surface area contributed by atoms with Crippen LogP contribution < -0.4 is 9.47 Å². The second-order valence-electron chi connectivity index (χ2n) is 4.86. The minimum Gasteiger partial charge on any atom is -0.491 e. The highest BCUT2D eigenvalue weighted by Crippen LogP contribution is 2.29. The van der Waals surface area contributed by atoms with Crippen molar-refractivity contribution in [1.29, 1.82) is 0 Å². The largest absolute Gasteiger partial charge is 0.573 e. The van der Waals surface area contributed by atoms with Crippen molar-refractivity contribution in [2.75, 3.05) is 0 Å². The summed E-state index contributed by atoms with van der Waals surface area (Å²) in [6, 6.07) is 3.35. The van der Waals surface area contributed by atoms with Gasteiger partial charge in [-0.2, -0.15) is 0 Å². The molecular formula is C14H17F3O4. The first-order valence-corrected chi connectivity index (χ1v) is 6.35. The molecule has 0 radical (unpaired) electrons. The molecule has 0 aliphatic rings. The van der Waals surface area contributed by atoms with Crippen molar-refractivity contribution < 1.29 is 32.2 Å². The Morgan fingerprint density at radius 3 is 2.05 bits per heavy atom. The van der Waals surface area contributed by atoms with Crippen molar-refractivity contribution >= 4 is 5.97 Å². The molecule has 0 heterocycles. The van der Waals surface area contributed by atoms with Crippen LogP contribution in [0.2, 0.25) is 0 Å². The smallest absolute Gasteiger partial charge is 0.491 e. The summed E-state index contributed by atoms with van der Waals surface area (Å²) in [5.74, 6) is -1.18. The van der Waals surface area contributed by atoms with Crippen LogP contribution in [-0.4, -0.2) is 24.5 Å². The highest BCUT2D eigenvalue weighted by atomic mass is 19.4. The van der Waals surface area contributed by atoms with Crippen molar-refractivity contribution in [3.63, 3.8) is 0 Å². The topological polar surface area (TPSA) is 44.8 Å². The van der Waals surface area contributed by atoms with Gasteiger partial charge >= 0.3 is 12.3 Å². The Morgan fingerprint density at radius 2 is 1.57 bits per heavy atom. The zero-order valence-electron chi connectivity index (χ0n) is 12.2. The van der Waals surface area contributed by atoms with E-state index < -0.39 is 18.1 Å². The summed E-state index contributed by atoms with van der Waals surface area (Å²) in [5, 5.41) is 0. The number of alkyl halides is 3. The van der Waals surface area contributed by atoms with E-state index >= 15 is 0 Å². The van der Waals surface area contributed by atoms with E-state index in [0.29, 0.717) is 0 Å². The van der Waals surface area contributed by atoms with Crippen LogP contribution in [0.25, 0.3) is 0 Å². The van der Waals surface area contributed by atoms with Crippen molar-refractivity contribution in [2.45, 2.75) is 46.3 Å². The summed E-state index contributed by atoms with van der Waals surface area (Å²) in [7, 11) is 0. The molecule has 0 atom stereocenters. The first kappa shape index (κ1) is 17.1. The molecule has 0 unspecified atom stereocenters. The predicted octanol–water partition coefficient (Wildman–Crippen LogP) is 3.94. The molecule has 1 aromatic carbocycles. The van der Waals surface area contributed by atoms with E-state index in [4.69, 9.17) is 9.47 Å². The lowest BCUT2D eigenvalue weighted by Crippen LogP contribution is -2.18. The van der Waals surface area contributed by atoms with Crippen LogP contribution >= 0.6 is 0 Å². The first-order valence-electron chi connectivity index (χ1n) is 6.35. The zero-order valence-corrected chi connectivity index (χ0v) is 12.2. The molecule has 0 spiro atoms. The summed E-state index contributed by atoms with van der Waals surface area (Å²) in [6.07, 6.45) is -5.50. The summed E-state index contributed by atoms with van der Waals surface area (Å²) < 4.78 is 51.0. The predicted molar refractivity (Wildman–Crippen MR) is 69.4 cm³/mol. The standard InChI is InChI=1S/C14H17F3O4/c1-8(2)19-11-5-10(13(18)20-9(3)4)6-12(7-11)21-14(15,16)17/h5-9H,1-4H3. The van der Waals surface area contributed by atoms with Crippen LogP contribution in [0.4, 0.5) is 13.2 Å². The summed E-state index contributed by atoms with van der Waals surface area (Å²) in [6.45, 7) is 6.70. The van der Waals surface area contributed by atoms with Gasteiger partial charge in [0.1, 0.15) is 11.5 Å². The second-order valence-corrected chi connectivity index (χ2v) is 4.86. The zero-order chi connectivity index (χ0) is 16.2. The third-order valence-electron chi connectivity index (χ3n) is 2.06. The van der Waals surface area contributed by atoms with Gasteiger partial charge in [0.25, 0.3) is 0 Å². The Morgan fingerprint density at radius 1 is 1.00 bits per heavy atom. The van der Waals surface area contributed by atoms with Gasteiger partial charge in [-0.3, -0.25) is 0 Å². The number of rotatable bonds is 5. The molecule has 0 aliphatic heterocycles. The first-order chi connectivity index (χ1) is 9.56. The lowest BCUT2D eigenvalue weighted by molar-refractivity contribution is -0.274. The highest BCUT2D eigenvalue weighted by molar-refractivity contribution is 5.90. The normalized spacial score (nSPS) is 11.7. The molecule has 4 nitrogen and oxygen atoms in total. The number of hydrogen-bond donors (Lipinski definition) is 0. The number of ether oxygens (including phenoxy) is 3. The summed E-state index contributed by atoms with van der Waals surface area (Å²) >= 11 is 0.